The standard InChI is InChI=1S/C15H13BrO2S/c1-9-7-19-8-13(9)14(17)6-11-5-12(16)4-10-2-3-18-15(10)11/h4-5,7-8H,2-3,6H2,1H3. The van der Waals surface area contributed by atoms with E-state index in [-0.39, 0.29) is 5.78 Å². The number of benzene rings is 1. The Morgan fingerprint density at radius 2 is 2.26 bits per heavy atom. The molecule has 3 rings (SSSR count). The number of ketones is 1. The van der Waals surface area contributed by atoms with E-state index in [1.54, 1.807) is 11.3 Å². The number of thiophene rings is 1. The van der Waals surface area contributed by atoms with Crippen molar-refractivity contribution in [3.05, 3.63) is 49.6 Å². The van der Waals surface area contributed by atoms with E-state index in [0.717, 1.165) is 33.3 Å². The smallest absolute Gasteiger partial charge is 0.168 e. The van der Waals surface area contributed by atoms with Gasteiger partial charge in [-0.05, 0) is 35.6 Å². The van der Waals surface area contributed by atoms with Crippen LogP contribution in [-0.4, -0.2) is 12.4 Å². The third-order valence-corrected chi connectivity index (χ3v) is 4.65. The van der Waals surface area contributed by atoms with Gasteiger partial charge >= 0.3 is 0 Å². The van der Waals surface area contributed by atoms with Gasteiger partial charge < -0.3 is 4.74 Å². The van der Waals surface area contributed by atoms with Crippen molar-refractivity contribution in [1.82, 2.24) is 0 Å². The molecule has 2 heterocycles. The number of carbonyl (C=O) groups is 1. The molecule has 1 aliphatic heterocycles. The van der Waals surface area contributed by atoms with Gasteiger partial charge in [-0.2, -0.15) is 11.3 Å². The minimum Gasteiger partial charge on any atom is -0.493 e. The average molecular weight is 337 g/mol. The Kier molecular flexibility index (Phi) is 3.46. The molecule has 98 valence electrons. The zero-order valence-electron chi connectivity index (χ0n) is 10.5. The predicted molar refractivity (Wildman–Crippen MR) is 80.4 cm³/mol. The quantitative estimate of drug-likeness (QED) is 0.786. The third-order valence-electron chi connectivity index (χ3n) is 3.33. The molecule has 0 radical (unpaired) electrons. The summed E-state index contributed by atoms with van der Waals surface area (Å²) in [7, 11) is 0. The van der Waals surface area contributed by atoms with E-state index in [1.165, 1.54) is 5.56 Å². The number of Topliss-reactive ketones (excluding diaryl/α,β-unsaturated/α-hetero) is 1. The van der Waals surface area contributed by atoms with Gasteiger partial charge in [-0.3, -0.25) is 4.79 Å². The zero-order valence-corrected chi connectivity index (χ0v) is 12.9. The Morgan fingerprint density at radius 1 is 1.42 bits per heavy atom. The molecule has 19 heavy (non-hydrogen) atoms. The maximum Gasteiger partial charge on any atom is 0.168 e. The average Bonchev–Trinajstić information content (AvgIpc) is 2.97. The van der Waals surface area contributed by atoms with Gasteiger partial charge in [-0.1, -0.05) is 15.9 Å². The summed E-state index contributed by atoms with van der Waals surface area (Å²) in [6, 6.07) is 4.07. The molecular weight excluding hydrogens is 324 g/mol. The van der Waals surface area contributed by atoms with Crippen molar-refractivity contribution >= 4 is 33.0 Å². The van der Waals surface area contributed by atoms with Gasteiger partial charge in [0.25, 0.3) is 0 Å². The lowest BCUT2D eigenvalue weighted by atomic mass is 10.00. The van der Waals surface area contributed by atoms with Gasteiger partial charge in [0.1, 0.15) is 5.75 Å². The molecule has 0 fully saturated rings. The molecule has 0 atom stereocenters. The second-order valence-corrected chi connectivity index (χ2v) is 6.38. The lowest BCUT2D eigenvalue weighted by Gasteiger charge is -2.08. The number of carbonyl (C=O) groups excluding carboxylic acids is 1. The van der Waals surface area contributed by atoms with Gasteiger partial charge in [0, 0.05) is 33.8 Å². The molecule has 0 amide bonds. The predicted octanol–water partition coefficient (Wildman–Crippen LogP) is 4.18. The van der Waals surface area contributed by atoms with Crippen LogP contribution < -0.4 is 4.74 Å². The minimum absolute atomic E-state index is 0.162. The molecule has 0 spiro atoms. The van der Waals surface area contributed by atoms with Crippen LogP contribution in [0.4, 0.5) is 0 Å². The Bertz CT molecular complexity index is 646. The summed E-state index contributed by atoms with van der Waals surface area (Å²) in [6.07, 6.45) is 1.33. The van der Waals surface area contributed by atoms with E-state index in [0.29, 0.717) is 13.0 Å². The van der Waals surface area contributed by atoms with E-state index in [1.807, 2.05) is 23.8 Å². The molecule has 2 aromatic rings. The molecule has 1 aromatic carbocycles. The third kappa shape index (κ3) is 2.47. The molecule has 0 saturated heterocycles. The lowest BCUT2D eigenvalue weighted by molar-refractivity contribution is 0.0992. The molecule has 0 bridgehead atoms. The van der Waals surface area contributed by atoms with Crippen molar-refractivity contribution in [2.24, 2.45) is 0 Å². The fourth-order valence-corrected chi connectivity index (χ4v) is 3.80. The number of rotatable bonds is 3. The summed E-state index contributed by atoms with van der Waals surface area (Å²) in [5, 5.41) is 3.94. The molecule has 0 saturated carbocycles. The first-order chi connectivity index (χ1) is 9.15. The SMILES string of the molecule is Cc1cscc1C(=O)Cc1cc(Br)cc2c1OCC2. The second-order valence-electron chi connectivity index (χ2n) is 4.72. The summed E-state index contributed by atoms with van der Waals surface area (Å²) in [5.74, 6) is 1.07. The van der Waals surface area contributed by atoms with Crippen LogP contribution in [0.5, 0.6) is 5.75 Å². The Labute approximate surface area is 124 Å². The van der Waals surface area contributed by atoms with Gasteiger partial charge in [-0.25, -0.2) is 0 Å². The van der Waals surface area contributed by atoms with Crippen molar-refractivity contribution in [3.63, 3.8) is 0 Å². The largest absolute Gasteiger partial charge is 0.493 e. The van der Waals surface area contributed by atoms with Crippen molar-refractivity contribution in [1.29, 1.82) is 0 Å². The van der Waals surface area contributed by atoms with E-state index >= 15 is 0 Å². The normalized spacial score (nSPS) is 13.2. The first kappa shape index (κ1) is 12.9. The summed E-state index contributed by atoms with van der Waals surface area (Å²) in [5.41, 5.74) is 4.07. The number of halogens is 1. The zero-order chi connectivity index (χ0) is 13.4. The molecular formula is C15H13BrO2S. The maximum absolute atomic E-state index is 12.3. The van der Waals surface area contributed by atoms with Gasteiger partial charge in [0.05, 0.1) is 6.61 Å². The van der Waals surface area contributed by atoms with E-state index in [2.05, 4.69) is 22.0 Å². The Balaban J connectivity index is 1.92. The first-order valence-electron chi connectivity index (χ1n) is 6.15. The number of hydrogen-bond acceptors (Lipinski definition) is 3. The van der Waals surface area contributed by atoms with E-state index in [4.69, 9.17) is 4.74 Å². The van der Waals surface area contributed by atoms with Crippen LogP contribution in [0.2, 0.25) is 0 Å². The number of aryl methyl sites for hydroxylation is 1. The first-order valence-corrected chi connectivity index (χ1v) is 7.89. The van der Waals surface area contributed by atoms with Crippen molar-refractivity contribution in [3.8, 4) is 5.75 Å². The summed E-state index contributed by atoms with van der Waals surface area (Å²) >= 11 is 5.08. The maximum atomic E-state index is 12.3. The van der Waals surface area contributed by atoms with Gasteiger partial charge in [-0.15, -0.1) is 0 Å². The highest BCUT2D eigenvalue weighted by Gasteiger charge is 2.20. The molecule has 0 unspecified atom stereocenters. The van der Waals surface area contributed by atoms with Crippen molar-refractivity contribution in [2.75, 3.05) is 6.61 Å². The van der Waals surface area contributed by atoms with Crippen LogP contribution in [-0.2, 0) is 12.8 Å². The van der Waals surface area contributed by atoms with Gasteiger partial charge in [0.15, 0.2) is 5.78 Å². The van der Waals surface area contributed by atoms with Crippen LogP contribution in [0.3, 0.4) is 0 Å². The Hall–Kier alpha value is -1.13. The molecule has 0 N–H and O–H groups in total. The number of fused-ring (bicyclic) bond motifs is 1. The van der Waals surface area contributed by atoms with Crippen molar-refractivity contribution in [2.45, 2.75) is 19.8 Å². The van der Waals surface area contributed by atoms with Crippen LogP contribution in [0.25, 0.3) is 0 Å². The minimum atomic E-state index is 0.162. The highest BCUT2D eigenvalue weighted by Crippen LogP contribution is 2.34. The fourth-order valence-electron chi connectivity index (χ4n) is 2.39. The lowest BCUT2D eigenvalue weighted by Crippen LogP contribution is -2.05. The topological polar surface area (TPSA) is 26.3 Å². The van der Waals surface area contributed by atoms with E-state index in [9.17, 15) is 4.79 Å². The molecule has 1 aromatic heterocycles. The van der Waals surface area contributed by atoms with Crippen molar-refractivity contribution < 1.29 is 9.53 Å². The van der Waals surface area contributed by atoms with Crippen LogP contribution in [0.1, 0.15) is 27.0 Å². The molecule has 2 nitrogen and oxygen atoms in total. The number of ether oxygens (including phenoxy) is 1. The van der Waals surface area contributed by atoms with Crippen LogP contribution >= 0.6 is 27.3 Å². The molecule has 0 aliphatic carbocycles. The molecule has 4 heteroatoms. The summed E-state index contributed by atoms with van der Waals surface area (Å²) < 4.78 is 6.68. The fraction of sp³-hybridized carbons (Fsp3) is 0.267. The van der Waals surface area contributed by atoms with Crippen LogP contribution in [0, 0.1) is 6.92 Å². The van der Waals surface area contributed by atoms with Gasteiger partial charge in [0.2, 0.25) is 0 Å². The summed E-state index contributed by atoms with van der Waals surface area (Å²) in [4.78, 5) is 12.3. The summed E-state index contributed by atoms with van der Waals surface area (Å²) in [6.45, 7) is 2.69. The molecule has 1 aliphatic rings. The van der Waals surface area contributed by atoms with E-state index < -0.39 is 0 Å². The Morgan fingerprint density at radius 3 is 3.00 bits per heavy atom. The highest BCUT2D eigenvalue weighted by atomic mass is 79.9. The monoisotopic (exact) mass is 336 g/mol. The highest BCUT2D eigenvalue weighted by molar-refractivity contribution is 9.10. The second kappa shape index (κ2) is 5.10. The number of hydrogen-bond donors (Lipinski definition) is 0. The van der Waals surface area contributed by atoms with Crippen LogP contribution in [0.15, 0.2) is 27.4 Å².